The molecule has 0 spiro atoms. The van der Waals surface area contributed by atoms with E-state index in [0.717, 1.165) is 16.8 Å². The summed E-state index contributed by atoms with van der Waals surface area (Å²) in [6, 6.07) is 12.9. The minimum absolute atomic E-state index is 0.244. The Hall–Kier alpha value is -2.89. The van der Waals surface area contributed by atoms with Gasteiger partial charge in [-0.1, -0.05) is 35.9 Å². The lowest BCUT2D eigenvalue weighted by Gasteiger charge is -2.17. The number of fused-ring (bicyclic) bond motifs is 2. The summed E-state index contributed by atoms with van der Waals surface area (Å²) in [5, 5.41) is 10.4. The van der Waals surface area contributed by atoms with Gasteiger partial charge in [0.15, 0.2) is 12.0 Å². The number of benzene rings is 1. The predicted molar refractivity (Wildman–Crippen MR) is 134 cm³/mol. The van der Waals surface area contributed by atoms with Gasteiger partial charge in [-0.3, -0.25) is 4.98 Å². The molecule has 2 fully saturated rings. The summed E-state index contributed by atoms with van der Waals surface area (Å²) in [7, 11) is -2.80. The van der Waals surface area contributed by atoms with Crippen LogP contribution in [0.25, 0.3) is 22.5 Å². The molecule has 1 aromatic carbocycles. The fourth-order valence-corrected chi connectivity index (χ4v) is 5.47. The van der Waals surface area contributed by atoms with Crippen molar-refractivity contribution in [1.82, 2.24) is 9.97 Å². The van der Waals surface area contributed by atoms with Gasteiger partial charge in [0.1, 0.15) is 18.3 Å². The lowest BCUT2D eigenvalue weighted by molar-refractivity contribution is 0.00558. The number of aromatic nitrogens is 2. The maximum absolute atomic E-state index is 11.9. The third-order valence-corrected chi connectivity index (χ3v) is 7.93. The minimum atomic E-state index is -2.80. The van der Waals surface area contributed by atoms with Gasteiger partial charge < -0.3 is 19.3 Å². The molecule has 11 heteroatoms. The first kappa shape index (κ1) is 23.5. The second-order valence-electron chi connectivity index (χ2n) is 9.09. The molecule has 6 rings (SSSR count). The van der Waals surface area contributed by atoms with E-state index in [4.69, 9.17) is 35.6 Å². The van der Waals surface area contributed by atoms with Crippen molar-refractivity contribution in [3.63, 3.8) is 0 Å². The summed E-state index contributed by atoms with van der Waals surface area (Å²) in [5.74, 6) is 0.526. The van der Waals surface area contributed by atoms with Crippen molar-refractivity contribution in [2.75, 3.05) is 19.5 Å². The Balaban J connectivity index is 1.18. The van der Waals surface area contributed by atoms with Crippen LogP contribution in [0.3, 0.4) is 0 Å². The highest BCUT2D eigenvalue weighted by molar-refractivity contribution is 7.91. The molecule has 3 aliphatic rings. The van der Waals surface area contributed by atoms with Crippen molar-refractivity contribution in [1.29, 1.82) is 4.78 Å². The summed E-state index contributed by atoms with van der Waals surface area (Å²) in [4.78, 5) is 14.1. The third kappa shape index (κ3) is 4.29. The highest BCUT2D eigenvalue weighted by Crippen LogP contribution is 2.36. The first-order valence-electron chi connectivity index (χ1n) is 11.4. The summed E-state index contributed by atoms with van der Waals surface area (Å²) < 4.78 is 36.9. The average Bonchev–Trinajstić information content (AvgIpc) is 3.55. The lowest BCUT2D eigenvalue weighted by atomic mass is 10.1. The number of nitrogens with one attached hydrogen (secondary N) is 1. The van der Waals surface area contributed by atoms with Gasteiger partial charge in [-0.15, -0.1) is 0 Å². The fourth-order valence-electron chi connectivity index (χ4n) is 4.63. The molecule has 1 unspecified atom stereocenters. The summed E-state index contributed by atoms with van der Waals surface area (Å²) in [6.45, 7) is 0.583. The van der Waals surface area contributed by atoms with Gasteiger partial charge in [-0.05, 0) is 18.2 Å². The molecule has 2 saturated heterocycles. The maximum atomic E-state index is 11.9. The highest BCUT2D eigenvalue weighted by atomic mass is 35.5. The van der Waals surface area contributed by atoms with Crippen LogP contribution in [0.5, 0.6) is 0 Å². The minimum Gasteiger partial charge on any atom is -0.472 e. The topological polar surface area (TPSA) is 127 Å². The van der Waals surface area contributed by atoms with Gasteiger partial charge >= 0.3 is 0 Å². The van der Waals surface area contributed by atoms with Crippen LogP contribution >= 0.6 is 11.6 Å². The van der Waals surface area contributed by atoms with Crippen LogP contribution in [0.4, 0.5) is 5.69 Å². The number of aliphatic imine (C=N–C) groups is 1. The summed E-state index contributed by atoms with van der Waals surface area (Å²) in [6.07, 6.45) is 1.67. The molecule has 5 heterocycles. The van der Waals surface area contributed by atoms with Crippen LogP contribution < -0.4 is 0 Å². The van der Waals surface area contributed by atoms with E-state index in [9.17, 15) is 9.32 Å². The molecule has 0 amide bonds. The Morgan fingerprint density at radius 3 is 2.58 bits per heavy atom. The number of aliphatic hydroxyl groups excluding tert-OH is 1. The van der Waals surface area contributed by atoms with Crippen molar-refractivity contribution in [3.05, 3.63) is 59.4 Å². The number of halogens is 1. The molecule has 2 N–H and O–H groups in total. The van der Waals surface area contributed by atoms with E-state index in [0.29, 0.717) is 45.9 Å². The Kier molecular flexibility index (Phi) is 5.81. The summed E-state index contributed by atoms with van der Waals surface area (Å²) >= 11 is 6.57. The van der Waals surface area contributed by atoms with Crippen molar-refractivity contribution in [2.45, 2.75) is 35.7 Å². The Bertz CT molecular complexity index is 1460. The highest BCUT2D eigenvalue weighted by Gasteiger charge is 2.48. The smallest absolute Gasteiger partial charge is 0.195 e. The van der Waals surface area contributed by atoms with Gasteiger partial charge in [0.2, 0.25) is 0 Å². The van der Waals surface area contributed by atoms with Crippen molar-refractivity contribution in [2.24, 2.45) is 4.99 Å². The number of aliphatic hydroxyl groups is 1. The number of ether oxygens (including phenoxy) is 3. The van der Waals surface area contributed by atoms with E-state index in [1.807, 2.05) is 24.3 Å². The van der Waals surface area contributed by atoms with Crippen LogP contribution in [0.15, 0.2) is 58.5 Å². The predicted octanol–water partition coefficient (Wildman–Crippen LogP) is 3.63. The molecule has 5 atom stereocenters. The molecule has 2 aromatic heterocycles. The van der Waals surface area contributed by atoms with Crippen LogP contribution in [-0.4, -0.2) is 69.1 Å². The standard InChI is InChI=1S/C25H23ClN4O5S/c1-36(27,32)15-6-7-17(28-10-15)13-2-4-14(5-3-13)23-16(26)8-18-19(30-23)9-22(29-18)35-21-12-34-24-20(31)11-33-25(21)24/h2-8,10,20-21,24-25,27,31H,9,11-12H2,1H3/t20-,21-,24-,25-,36?/m1/s1. The van der Waals surface area contributed by atoms with E-state index < -0.39 is 15.8 Å². The molecular formula is C25H23ClN4O5S. The van der Waals surface area contributed by atoms with Gasteiger partial charge in [0, 0.05) is 23.6 Å². The number of hydrogen-bond acceptors (Lipinski definition) is 9. The number of pyridine rings is 2. The third-order valence-electron chi connectivity index (χ3n) is 6.51. The van der Waals surface area contributed by atoms with Crippen LogP contribution in [0, 0.1) is 4.78 Å². The Morgan fingerprint density at radius 1 is 1.11 bits per heavy atom. The SMILES string of the molecule is CS(=N)(=O)c1ccc(-c2ccc(-c3nc4c(cc3Cl)N=C(O[C@@H]3CO[C@H]5[C@@H]3OC[C@H]5O)C4)cc2)nc1. The molecule has 0 saturated carbocycles. The second-order valence-corrected chi connectivity index (χ2v) is 11.7. The lowest BCUT2D eigenvalue weighted by Crippen LogP contribution is -2.34. The normalized spacial score (nSPS) is 26.2. The van der Waals surface area contributed by atoms with E-state index in [1.54, 1.807) is 18.2 Å². The van der Waals surface area contributed by atoms with Gasteiger partial charge in [-0.2, -0.15) is 0 Å². The molecule has 0 radical (unpaired) electrons. The maximum Gasteiger partial charge on any atom is 0.195 e. The molecule has 0 bridgehead atoms. The molecule has 186 valence electrons. The van der Waals surface area contributed by atoms with Crippen LogP contribution in [0.1, 0.15) is 5.69 Å². The second kappa shape index (κ2) is 8.89. The molecule has 36 heavy (non-hydrogen) atoms. The van der Waals surface area contributed by atoms with Crippen molar-refractivity contribution < 1.29 is 23.5 Å². The zero-order chi connectivity index (χ0) is 25.0. The quantitative estimate of drug-likeness (QED) is 0.531. The first-order valence-corrected chi connectivity index (χ1v) is 13.8. The summed E-state index contributed by atoms with van der Waals surface area (Å²) in [5.41, 5.74) is 4.53. The number of nitrogens with zero attached hydrogens (tertiary/aromatic N) is 3. The van der Waals surface area contributed by atoms with E-state index in [-0.39, 0.29) is 24.9 Å². The van der Waals surface area contributed by atoms with Gasteiger partial charge in [0.05, 0.1) is 62.1 Å². The van der Waals surface area contributed by atoms with Gasteiger partial charge in [0.25, 0.3) is 0 Å². The fraction of sp³-hybridized carbons (Fsp3) is 0.320. The van der Waals surface area contributed by atoms with Crippen molar-refractivity contribution in [3.8, 4) is 22.5 Å². The number of hydrogen-bond donors (Lipinski definition) is 2. The average molecular weight is 527 g/mol. The van der Waals surface area contributed by atoms with Crippen LogP contribution in [-0.2, 0) is 30.4 Å². The molecule has 9 nitrogen and oxygen atoms in total. The Labute approximate surface area is 213 Å². The van der Waals surface area contributed by atoms with Crippen molar-refractivity contribution >= 4 is 32.9 Å². The van der Waals surface area contributed by atoms with E-state index >= 15 is 0 Å². The zero-order valence-corrected chi connectivity index (χ0v) is 20.8. The molecule has 3 aromatic rings. The largest absolute Gasteiger partial charge is 0.472 e. The molecule has 3 aliphatic heterocycles. The molecular weight excluding hydrogens is 504 g/mol. The monoisotopic (exact) mass is 526 g/mol. The number of rotatable bonds is 4. The first-order chi connectivity index (χ1) is 17.3. The van der Waals surface area contributed by atoms with Gasteiger partial charge in [-0.25, -0.2) is 19.0 Å². The zero-order valence-electron chi connectivity index (χ0n) is 19.3. The molecule has 0 aliphatic carbocycles. The Morgan fingerprint density at radius 2 is 1.86 bits per heavy atom. The van der Waals surface area contributed by atoms with E-state index in [1.165, 1.54) is 12.5 Å². The van der Waals surface area contributed by atoms with Crippen LogP contribution in [0.2, 0.25) is 5.02 Å². The van der Waals surface area contributed by atoms with E-state index in [2.05, 4.69) is 9.98 Å².